The van der Waals surface area contributed by atoms with E-state index in [4.69, 9.17) is 0 Å². The molecule has 1 amide bonds. The summed E-state index contributed by atoms with van der Waals surface area (Å²) >= 11 is 1.38. The number of carbonyl (C=O) groups excluding carboxylic acids is 1. The largest absolute Gasteiger partial charge is 0.341 e. The van der Waals surface area contributed by atoms with Crippen molar-refractivity contribution in [3.05, 3.63) is 66.7 Å². The van der Waals surface area contributed by atoms with E-state index in [0.29, 0.717) is 10.9 Å². The van der Waals surface area contributed by atoms with Crippen molar-refractivity contribution in [3.8, 4) is 0 Å². The fraction of sp³-hybridized carbons (Fsp3) is 0.125. The van der Waals surface area contributed by atoms with E-state index in [1.807, 2.05) is 40.8 Å². The molecule has 0 radical (unpaired) electrons. The van der Waals surface area contributed by atoms with Gasteiger partial charge < -0.3 is 9.88 Å². The summed E-state index contributed by atoms with van der Waals surface area (Å²) in [6.45, 7) is 3.04. The van der Waals surface area contributed by atoms with Crippen molar-refractivity contribution in [3.63, 3.8) is 0 Å². The predicted octanol–water partition coefficient (Wildman–Crippen LogP) is 5.07. The van der Waals surface area contributed by atoms with Crippen LogP contribution >= 0.6 is 11.8 Å². The van der Waals surface area contributed by atoms with Crippen LogP contribution in [0.3, 0.4) is 0 Å². The monoisotopic (exact) mass is 440 g/mol. The summed E-state index contributed by atoms with van der Waals surface area (Å²) in [7, 11) is 0. The average molecular weight is 441 g/mol. The number of carbonyl (C=O) groups is 1. The van der Waals surface area contributed by atoms with Gasteiger partial charge in [-0.05, 0) is 43.3 Å². The van der Waals surface area contributed by atoms with Crippen molar-refractivity contribution in [2.45, 2.75) is 18.6 Å². The van der Waals surface area contributed by atoms with E-state index >= 15 is 0 Å². The summed E-state index contributed by atoms with van der Waals surface area (Å²) in [5.74, 6) is 0.849. The standard InChI is InChI=1S/C24H20N6OS/c1-2-29-19-9-5-3-7-16(19)17-13-15(11-12-20(17)29)25-22(31)14-32-24-28-27-23-26-18-8-4-6-10-21(18)30(23)24/h3-13H,2,14H2,1H3,(H,25,31)(H,26,27). The van der Waals surface area contributed by atoms with E-state index in [9.17, 15) is 4.79 Å². The molecule has 3 aromatic carbocycles. The number of aromatic amines is 1. The third kappa shape index (κ3) is 2.95. The summed E-state index contributed by atoms with van der Waals surface area (Å²) in [5.41, 5.74) is 5.04. The number of hydrogen-bond donors (Lipinski definition) is 2. The van der Waals surface area contributed by atoms with Crippen LogP contribution in [0.1, 0.15) is 6.92 Å². The van der Waals surface area contributed by atoms with Crippen LogP contribution in [-0.2, 0) is 11.3 Å². The molecule has 0 aliphatic carbocycles. The van der Waals surface area contributed by atoms with Crippen molar-refractivity contribution >= 4 is 62.0 Å². The molecule has 3 aromatic heterocycles. The fourth-order valence-electron chi connectivity index (χ4n) is 4.34. The highest BCUT2D eigenvalue weighted by Gasteiger charge is 2.14. The van der Waals surface area contributed by atoms with Crippen LogP contribution in [0.5, 0.6) is 0 Å². The number of benzene rings is 3. The Bertz CT molecular complexity index is 1630. The molecule has 158 valence electrons. The number of fused-ring (bicyclic) bond motifs is 6. The Morgan fingerprint density at radius 2 is 1.78 bits per heavy atom. The fourth-order valence-corrected chi connectivity index (χ4v) is 5.10. The second-order valence-electron chi connectivity index (χ2n) is 7.60. The maximum atomic E-state index is 12.7. The molecule has 0 aliphatic rings. The summed E-state index contributed by atoms with van der Waals surface area (Å²) in [6.07, 6.45) is 0. The molecule has 0 unspecified atom stereocenters. The van der Waals surface area contributed by atoms with Crippen LogP contribution < -0.4 is 5.32 Å². The number of aryl methyl sites for hydroxylation is 1. The maximum Gasteiger partial charge on any atom is 0.234 e. The molecule has 32 heavy (non-hydrogen) atoms. The second-order valence-corrected chi connectivity index (χ2v) is 8.54. The number of imidazole rings is 1. The number of H-pyrrole nitrogens is 1. The smallest absolute Gasteiger partial charge is 0.234 e. The van der Waals surface area contributed by atoms with Crippen LogP contribution in [0, 0.1) is 0 Å². The number of amides is 1. The van der Waals surface area contributed by atoms with Gasteiger partial charge in [0, 0.05) is 34.0 Å². The van der Waals surface area contributed by atoms with Gasteiger partial charge in [0.1, 0.15) is 0 Å². The van der Waals surface area contributed by atoms with Gasteiger partial charge in [-0.2, -0.15) is 0 Å². The molecule has 7 nitrogen and oxygen atoms in total. The maximum absolute atomic E-state index is 12.7. The Hall–Kier alpha value is -3.78. The Kier molecular flexibility index (Phi) is 4.39. The van der Waals surface area contributed by atoms with Crippen LogP contribution in [-0.4, -0.2) is 35.8 Å². The van der Waals surface area contributed by atoms with E-state index in [0.717, 1.165) is 28.7 Å². The topological polar surface area (TPSA) is 80.0 Å². The molecular weight excluding hydrogens is 420 g/mol. The molecule has 3 heterocycles. The third-order valence-electron chi connectivity index (χ3n) is 5.71. The zero-order chi connectivity index (χ0) is 21.7. The lowest BCUT2D eigenvalue weighted by atomic mass is 10.1. The minimum atomic E-state index is -0.0749. The number of nitrogens with one attached hydrogen (secondary N) is 2. The lowest BCUT2D eigenvalue weighted by Gasteiger charge is -2.06. The number of thioether (sulfide) groups is 1. The highest BCUT2D eigenvalue weighted by Crippen LogP contribution is 2.31. The van der Waals surface area contributed by atoms with E-state index in [1.165, 1.54) is 28.2 Å². The molecule has 0 bridgehead atoms. The molecule has 6 aromatic rings. The van der Waals surface area contributed by atoms with Crippen molar-refractivity contribution in [2.75, 3.05) is 11.1 Å². The number of rotatable bonds is 5. The zero-order valence-corrected chi connectivity index (χ0v) is 18.2. The van der Waals surface area contributed by atoms with Crippen molar-refractivity contribution in [1.29, 1.82) is 0 Å². The molecule has 8 heteroatoms. The number of para-hydroxylation sites is 3. The van der Waals surface area contributed by atoms with Crippen LogP contribution in [0.2, 0.25) is 0 Å². The van der Waals surface area contributed by atoms with Gasteiger partial charge >= 0.3 is 0 Å². The lowest BCUT2D eigenvalue weighted by Crippen LogP contribution is -2.14. The SMILES string of the molecule is CCn1c2ccccc2c2cc(NC(=O)CSc3n[nH]c4nc5ccccc5n34)ccc21. The third-order valence-corrected chi connectivity index (χ3v) is 6.65. The number of nitrogens with zero attached hydrogens (tertiary/aromatic N) is 4. The number of aromatic nitrogens is 5. The Labute approximate surface area is 187 Å². The number of hydrogen-bond acceptors (Lipinski definition) is 4. The normalized spacial score (nSPS) is 11.8. The van der Waals surface area contributed by atoms with Gasteiger partial charge in [0.15, 0.2) is 5.16 Å². The first kappa shape index (κ1) is 18.9. The zero-order valence-electron chi connectivity index (χ0n) is 17.4. The number of anilines is 1. The van der Waals surface area contributed by atoms with Gasteiger partial charge in [-0.1, -0.05) is 42.1 Å². The summed E-state index contributed by atoms with van der Waals surface area (Å²) in [5, 5.41) is 13.4. The first-order chi connectivity index (χ1) is 15.7. The molecular formula is C24H20N6OS. The molecule has 0 atom stereocenters. The highest BCUT2D eigenvalue weighted by molar-refractivity contribution is 7.99. The van der Waals surface area contributed by atoms with Gasteiger partial charge in [0.2, 0.25) is 11.7 Å². The average Bonchev–Trinajstić information content (AvgIpc) is 3.47. The Morgan fingerprint density at radius 1 is 1.00 bits per heavy atom. The van der Waals surface area contributed by atoms with E-state index in [-0.39, 0.29) is 11.7 Å². The van der Waals surface area contributed by atoms with Crippen molar-refractivity contribution in [1.82, 2.24) is 24.1 Å². The molecule has 6 rings (SSSR count). The van der Waals surface area contributed by atoms with Crippen molar-refractivity contribution in [2.24, 2.45) is 0 Å². The molecule has 0 saturated heterocycles. The van der Waals surface area contributed by atoms with Gasteiger partial charge in [-0.3, -0.25) is 9.20 Å². The summed E-state index contributed by atoms with van der Waals surface area (Å²) in [4.78, 5) is 17.2. The Balaban J connectivity index is 1.25. The van der Waals surface area contributed by atoms with Crippen molar-refractivity contribution < 1.29 is 4.79 Å². The molecule has 0 aliphatic heterocycles. The van der Waals surface area contributed by atoms with Crippen LogP contribution in [0.25, 0.3) is 38.6 Å². The molecule has 0 spiro atoms. The highest BCUT2D eigenvalue weighted by atomic mass is 32.2. The predicted molar refractivity (Wildman–Crippen MR) is 129 cm³/mol. The molecule has 0 saturated carbocycles. The molecule has 0 fully saturated rings. The minimum Gasteiger partial charge on any atom is -0.341 e. The minimum absolute atomic E-state index is 0.0749. The van der Waals surface area contributed by atoms with E-state index in [2.05, 4.69) is 62.3 Å². The second kappa shape index (κ2) is 7.42. The first-order valence-corrected chi connectivity index (χ1v) is 11.5. The first-order valence-electron chi connectivity index (χ1n) is 10.5. The lowest BCUT2D eigenvalue weighted by molar-refractivity contribution is -0.113. The quantitative estimate of drug-likeness (QED) is 0.367. The van der Waals surface area contributed by atoms with Gasteiger partial charge in [0.05, 0.1) is 16.8 Å². The Morgan fingerprint density at radius 3 is 2.66 bits per heavy atom. The van der Waals surface area contributed by atoms with Gasteiger partial charge in [0.25, 0.3) is 0 Å². The van der Waals surface area contributed by atoms with Gasteiger partial charge in [-0.15, -0.1) is 5.10 Å². The molecule has 2 N–H and O–H groups in total. The van der Waals surface area contributed by atoms with E-state index < -0.39 is 0 Å². The van der Waals surface area contributed by atoms with Crippen LogP contribution in [0.15, 0.2) is 71.9 Å². The summed E-state index contributed by atoms with van der Waals surface area (Å²) in [6, 6.07) is 22.4. The summed E-state index contributed by atoms with van der Waals surface area (Å²) < 4.78 is 4.24. The van der Waals surface area contributed by atoms with Crippen LogP contribution in [0.4, 0.5) is 5.69 Å². The van der Waals surface area contributed by atoms with E-state index in [1.54, 1.807) is 0 Å². The van der Waals surface area contributed by atoms with Gasteiger partial charge in [-0.25, -0.2) is 10.1 Å².